The third-order valence-electron chi connectivity index (χ3n) is 3.74. The summed E-state index contributed by atoms with van der Waals surface area (Å²) in [6.45, 7) is 4.66. The SMILES string of the molecule is CC(C)COc1ccc(-c2ccc(NS(=O)(=O)c3cccc(F)c3)cc2)nn1. The first kappa shape index (κ1) is 19.8. The van der Waals surface area contributed by atoms with Crippen LogP contribution in [0.3, 0.4) is 0 Å². The van der Waals surface area contributed by atoms with Gasteiger partial charge in [0.25, 0.3) is 10.0 Å². The van der Waals surface area contributed by atoms with Crippen LogP contribution in [0.4, 0.5) is 10.1 Å². The first-order valence-electron chi connectivity index (χ1n) is 8.69. The number of ether oxygens (including phenoxy) is 1. The minimum atomic E-state index is -3.87. The highest BCUT2D eigenvalue weighted by molar-refractivity contribution is 7.92. The van der Waals surface area contributed by atoms with Gasteiger partial charge in [-0.2, -0.15) is 0 Å². The molecule has 1 N–H and O–H groups in total. The van der Waals surface area contributed by atoms with E-state index in [0.717, 1.165) is 11.6 Å². The third kappa shape index (κ3) is 5.04. The van der Waals surface area contributed by atoms with Crippen LogP contribution in [-0.4, -0.2) is 25.2 Å². The summed E-state index contributed by atoms with van der Waals surface area (Å²) in [5, 5.41) is 8.17. The molecule has 3 rings (SSSR count). The first-order valence-corrected chi connectivity index (χ1v) is 10.2. The molecule has 0 unspecified atom stereocenters. The number of nitrogens with one attached hydrogen (secondary N) is 1. The highest BCUT2D eigenvalue weighted by Crippen LogP contribution is 2.22. The van der Waals surface area contributed by atoms with Crippen molar-refractivity contribution in [3.05, 3.63) is 66.5 Å². The quantitative estimate of drug-likeness (QED) is 0.644. The van der Waals surface area contributed by atoms with Crippen LogP contribution in [0, 0.1) is 11.7 Å². The fraction of sp³-hybridized carbons (Fsp3) is 0.200. The highest BCUT2D eigenvalue weighted by atomic mass is 32.2. The zero-order valence-corrected chi connectivity index (χ0v) is 16.3. The van der Waals surface area contributed by atoms with E-state index in [4.69, 9.17) is 4.74 Å². The Morgan fingerprint density at radius 3 is 2.39 bits per heavy atom. The summed E-state index contributed by atoms with van der Waals surface area (Å²) in [5.74, 6) is 0.236. The lowest BCUT2D eigenvalue weighted by Gasteiger charge is -2.09. The molecule has 3 aromatic rings. The minimum Gasteiger partial charge on any atom is -0.476 e. The molecule has 8 heteroatoms. The van der Waals surface area contributed by atoms with E-state index < -0.39 is 15.8 Å². The van der Waals surface area contributed by atoms with Gasteiger partial charge in [0, 0.05) is 17.3 Å². The minimum absolute atomic E-state index is 0.139. The lowest BCUT2D eigenvalue weighted by Crippen LogP contribution is -2.13. The lowest BCUT2D eigenvalue weighted by molar-refractivity contribution is 0.258. The number of anilines is 1. The van der Waals surface area contributed by atoms with Gasteiger partial charge in [0.2, 0.25) is 5.88 Å². The van der Waals surface area contributed by atoms with E-state index in [0.29, 0.717) is 29.8 Å². The summed E-state index contributed by atoms with van der Waals surface area (Å²) < 4.78 is 45.9. The number of hydrogen-bond donors (Lipinski definition) is 1. The van der Waals surface area contributed by atoms with Gasteiger partial charge < -0.3 is 4.74 Å². The molecular formula is C20H20FN3O3S. The second-order valence-corrected chi connectivity index (χ2v) is 8.28. The van der Waals surface area contributed by atoms with Crippen molar-refractivity contribution in [1.29, 1.82) is 0 Å². The van der Waals surface area contributed by atoms with Crippen molar-refractivity contribution in [2.24, 2.45) is 5.92 Å². The molecule has 6 nitrogen and oxygen atoms in total. The lowest BCUT2D eigenvalue weighted by atomic mass is 10.1. The van der Waals surface area contributed by atoms with Gasteiger partial charge in [-0.1, -0.05) is 32.0 Å². The first-order chi connectivity index (χ1) is 13.3. The predicted molar refractivity (Wildman–Crippen MR) is 105 cm³/mol. The Labute approximate surface area is 163 Å². The fourth-order valence-electron chi connectivity index (χ4n) is 2.36. The van der Waals surface area contributed by atoms with E-state index in [2.05, 4.69) is 14.9 Å². The van der Waals surface area contributed by atoms with Crippen molar-refractivity contribution < 1.29 is 17.5 Å². The number of sulfonamides is 1. The van der Waals surface area contributed by atoms with Gasteiger partial charge in [0.1, 0.15) is 5.82 Å². The summed E-state index contributed by atoms with van der Waals surface area (Å²) >= 11 is 0. The number of halogens is 1. The maximum absolute atomic E-state index is 13.3. The standard InChI is InChI=1S/C20H20FN3O3S/c1-14(2)13-27-20-11-10-19(22-23-20)15-6-8-17(9-7-15)24-28(25,26)18-5-3-4-16(21)12-18/h3-12,14,24H,13H2,1-2H3. The Bertz CT molecular complexity index is 1040. The van der Waals surface area contributed by atoms with Crippen LogP contribution >= 0.6 is 0 Å². The van der Waals surface area contributed by atoms with Crippen molar-refractivity contribution in [3.63, 3.8) is 0 Å². The van der Waals surface area contributed by atoms with Gasteiger partial charge in [0.15, 0.2) is 0 Å². The maximum Gasteiger partial charge on any atom is 0.261 e. The molecule has 28 heavy (non-hydrogen) atoms. The van der Waals surface area contributed by atoms with Crippen molar-refractivity contribution in [2.75, 3.05) is 11.3 Å². The zero-order valence-electron chi connectivity index (χ0n) is 15.5. The van der Waals surface area contributed by atoms with Crippen molar-refractivity contribution >= 4 is 15.7 Å². The van der Waals surface area contributed by atoms with Crippen LogP contribution in [-0.2, 0) is 10.0 Å². The molecule has 0 aliphatic heterocycles. The molecule has 0 radical (unpaired) electrons. The molecule has 0 fully saturated rings. The summed E-state index contributed by atoms with van der Waals surface area (Å²) in [4.78, 5) is -0.139. The summed E-state index contributed by atoms with van der Waals surface area (Å²) in [6, 6.07) is 15.0. The van der Waals surface area contributed by atoms with Crippen LogP contribution in [0.1, 0.15) is 13.8 Å². The predicted octanol–water partition coefficient (Wildman–Crippen LogP) is 4.12. The molecule has 2 aromatic carbocycles. The number of hydrogen-bond acceptors (Lipinski definition) is 5. The third-order valence-corrected chi connectivity index (χ3v) is 5.12. The topological polar surface area (TPSA) is 81.2 Å². The number of benzene rings is 2. The number of rotatable bonds is 7. The van der Waals surface area contributed by atoms with Gasteiger partial charge in [0.05, 0.1) is 17.2 Å². The van der Waals surface area contributed by atoms with Gasteiger partial charge >= 0.3 is 0 Å². The van der Waals surface area contributed by atoms with Crippen LogP contribution in [0.15, 0.2) is 65.6 Å². The number of aromatic nitrogens is 2. The molecule has 0 saturated heterocycles. The summed E-state index contributed by atoms with van der Waals surface area (Å²) in [6.07, 6.45) is 0. The van der Waals surface area contributed by atoms with E-state index in [9.17, 15) is 12.8 Å². The second-order valence-electron chi connectivity index (χ2n) is 6.60. The molecule has 146 valence electrons. The van der Waals surface area contributed by atoms with E-state index in [1.54, 1.807) is 36.4 Å². The maximum atomic E-state index is 13.3. The van der Waals surface area contributed by atoms with Crippen LogP contribution in [0.5, 0.6) is 5.88 Å². The van der Waals surface area contributed by atoms with E-state index in [1.807, 2.05) is 13.8 Å². The van der Waals surface area contributed by atoms with Gasteiger partial charge in [-0.15, -0.1) is 10.2 Å². The smallest absolute Gasteiger partial charge is 0.261 e. The van der Waals surface area contributed by atoms with E-state index >= 15 is 0 Å². The van der Waals surface area contributed by atoms with Crippen molar-refractivity contribution in [1.82, 2.24) is 10.2 Å². The number of nitrogens with zero attached hydrogens (tertiary/aromatic N) is 2. The molecule has 0 aliphatic rings. The normalized spacial score (nSPS) is 11.4. The Morgan fingerprint density at radius 1 is 1.04 bits per heavy atom. The largest absolute Gasteiger partial charge is 0.476 e. The van der Waals surface area contributed by atoms with Crippen molar-refractivity contribution in [3.8, 4) is 17.1 Å². The molecular weight excluding hydrogens is 381 g/mol. The average molecular weight is 401 g/mol. The van der Waals surface area contributed by atoms with Gasteiger partial charge in [-0.25, -0.2) is 12.8 Å². The van der Waals surface area contributed by atoms with E-state index in [-0.39, 0.29) is 4.90 Å². The summed E-state index contributed by atoms with van der Waals surface area (Å²) in [7, 11) is -3.87. The molecule has 0 amide bonds. The molecule has 0 aliphatic carbocycles. The average Bonchev–Trinajstić information content (AvgIpc) is 2.67. The Kier molecular flexibility index (Phi) is 5.89. The fourth-order valence-corrected chi connectivity index (χ4v) is 3.45. The van der Waals surface area contributed by atoms with Crippen LogP contribution in [0.25, 0.3) is 11.3 Å². The highest BCUT2D eigenvalue weighted by Gasteiger charge is 2.15. The second kappa shape index (κ2) is 8.35. The monoisotopic (exact) mass is 401 g/mol. The molecule has 0 bridgehead atoms. The van der Waals surface area contributed by atoms with Gasteiger partial charge in [-0.3, -0.25) is 4.72 Å². The Balaban J connectivity index is 1.71. The molecule has 0 saturated carbocycles. The van der Waals surface area contributed by atoms with Crippen LogP contribution in [0.2, 0.25) is 0 Å². The van der Waals surface area contributed by atoms with E-state index in [1.165, 1.54) is 18.2 Å². The van der Waals surface area contributed by atoms with Crippen LogP contribution < -0.4 is 9.46 Å². The van der Waals surface area contributed by atoms with Gasteiger partial charge in [-0.05, 0) is 42.3 Å². The Hall–Kier alpha value is -3.00. The Morgan fingerprint density at radius 2 is 1.79 bits per heavy atom. The molecule has 1 heterocycles. The van der Waals surface area contributed by atoms with Crippen molar-refractivity contribution in [2.45, 2.75) is 18.7 Å². The molecule has 0 atom stereocenters. The molecule has 1 aromatic heterocycles. The molecule has 0 spiro atoms. The zero-order chi connectivity index (χ0) is 20.1. The summed E-state index contributed by atoms with van der Waals surface area (Å²) in [5.41, 5.74) is 1.77.